The summed E-state index contributed by atoms with van der Waals surface area (Å²) in [6, 6.07) is 9.88. The molecule has 8 nitrogen and oxygen atoms in total. The first-order chi connectivity index (χ1) is 12.5. The molecule has 0 saturated carbocycles. The van der Waals surface area contributed by atoms with Crippen LogP contribution in [0.4, 0.5) is 5.88 Å². The summed E-state index contributed by atoms with van der Waals surface area (Å²) in [6.45, 7) is 1.45. The van der Waals surface area contributed by atoms with Crippen molar-refractivity contribution in [3.8, 4) is 6.07 Å². The molecule has 0 atom stereocenters. The highest BCUT2D eigenvalue weighted by Crippen LogP contribution is 2.27. The van der Waals surface area contributed by atoms with E-state index in [4.69, 9.17) is 8.83 Å². The molecule has 2 heterocycles. The third-order valence-corrected chi connectivity index (χ3v) is 3.70. The molecular weight excluding hydrogens is 340 g/mol. The van der Waals surface area contributed by atoms with Gasteiger partial charge in [-0.15, -0.1) is 0 Å². The Morgan fingerprint density at radius 3 is 2.65 bits per heavy atom. The first-order valence-corrected chi connectivity index (χ1v) is 7.42. The predicted octanol–water partition coefficient (Wildman–Crippen LogP) is 2.61. The Morgan fingerprint density at radius 2 is 1.96 bits per heavy atom. The molecule has 130 valence electrons. The molecule has 0 spiro atoms. The summed E-state index contributed by atoms with van der Waals surface area (Å²) in [5.74, 6) is -1.74. The van der Waals surface area contributed by atoms with Gasteiger partial charge in [-0.05, 0) is 19.1 Å². The number of fused-ring (bicyclic) bond motifs is 1. The Morgan fingerprint density at radius 1 is 1.23 bits per heavy atom. The average molecular weight is 352 g/mol. The highest BCUT2D eigenvalue weighted by Gasteiger charge is 2.26. The Hall–Kier alpha value is -3.86. The fourth-order valence-corrected chi connectivity index (χ4v) is 2.48. The van der Waals surface area contributed by atoms with Crippen LogP contribution in [0.25, 0.3) is 11.0 Å². The molecule has 0 saturated heterocycles. The number of hydrogen-bond donors (Lipinski definition) is 1. The summed E-state index contributed by atoms with van der Waals surface area (Å²) in [5, 5.41) is 12.2. The van der Waals surface area contributed by atoms with Gasteiger partial charge in [0.1, 0.15) is 34.1 Å². The van der Waals surface area contributed by atoms with Crippen molar-refractivity contribution in [2.75, 3.05) is 12.4 Å². The molecule has 0 radical (unpaired) electrons. The number of nitriles is 1. The number of furan rings is 1. The lowest BCUT2D eigenvalue weighted by atomic mass is 10.1. The number of ether oxygens (including phenoxy) is 1. The smallest absolute Gasteiger partial charge is 0.349 e. The van der Waals surface area contributed by atoms with E-state index in [0.29, 0.717) is 11.0 Å². The van der Waals surface area contributed by atoms with Gasteiger partial charge in [0.2, 0.25) is 5.88 Å². The van der Waals surface area contributed by atoms with E-state index in [1.807, 2.05) is 0 Å². The van der Waals surface area contributed by atoms with E-state index in [9.17, 15) is 19.6 Å². The van der Waals surface area contributed by atoms with Crippen LogP contribution < -0.4 is 10.9 Å². The predicted molar refractivity (Wildman–Crippen MR) is 89.9 cm³/mol. The van der Waals surface area contributed by atoms with Gasteiger partial charge in [-0.3, -0.25) is 10.1 Å². The van der Waals surface area contributed by atoms with E-state index in [0.717, 1.165) is 7.11 Å². The molecule has 0 aliphatic rings. The summed E-state index contributed by atoms with van der Waals surface area (Å²) < 4.78 is 15.0. The van der Waals surface area contributed by atoms with E-state index >= 15 is 0 Å². The van der Waals surface area contributed by atoms with E-state index in [1.165, 1.54) is 13.0 Å². The molecule has 0 fully saturated rings. The summed E-state index contributed by atoms with van der Waals surface area (Å²) in [6.07, 6.45) is 0. The molecule has 1 aromatic carbocycles. The van der Waals surface area contributed by atoms with Crippen LogP contribution in [0.5, 0.6) is 0 Å². The van der Waals surface area contributed by atoms with Crippen LogP contribution >= 0.6 is 0 Å². The van der Waals surface area contributed by atoms with Crippen molar-refractivity contribution in [2.45, 2.75) is 6.92 Å². The minimum Gasteiger partial charge on any atom is -0.465 e. The van der Waals surface area contributed by atoms with Crippen LogP contribution in [0.3, 0.4) is 0 Å². The van der Waals surface area contributed by atoms with Crippen LogP contribution in [0.1, 0.15) is 32.0 Å². The van der Waals surface area contributed by atoms with Crippen molar-refractivity contribution in [3.05, 3.63) is 63.2 Å². The van der Waals surface area contributed by atoms with Crippen molar-refractivity contribution in [1.29, 1.82) is 5.26 Å². The van der Waals surface area contributed by atoms with Crippen molar-refractivity contribution in [2.24, 2.45) is 0 Å². The molecule has 0 aliphatic heterocycles. The Kier molecular flexibility index (Phi) is 4.29. The van der Waals surface area contributed by atoms with Gasteiger partial charge >= 0.3 is 11.6 Å². The van der Waals surface area contributed by atoms with Crippen LogP contribution in [-0.2, 0) is 4.74 Å². The van der Waals surface area contributed by atoms with Crippen molar-refractivity contribution in [3.63, 3.8) is 0 Å². The Labute approximate surface area is 146 Å². The lowest BCUT2D eigenvalue weighted by Gasteiger charge is -2.03. The number of amides is 1. The first-order valence-electron chi connectivity index (χ1n) is 7.42. The number of esters is 1. The largest absolute Gasteiger partial charge is 0.465 e. The molecule has 8 heteroatoms. The molecule has 0 aliphatic carbocycles. The SMILES string of the molecule is COC(=O)c1c(C)oc(NC(=O)c2cc3ccccc3oc2=O)c1C#N. The zero-order valence-electron chi connectivity index (χ0n) is 13.8. The topological polar surface area (TPSA) is 123 Å². The number of aryl methyl sites for hydroxylation is 1. The van der Waals surface area contributed by atoms with Gasteiger partial charge in [0.15, 0.2) is 0 Å². The number of benzene rings is 1. The lowest BCUT2D eigenvalue weighted by molar-refractivity contribution is 0.0598. The molecule has 1 amide bonds. The van der Waals surface area contributed by atoms with Crippen molar-refractivity contribution >= 4 is 28.7 Å². The maximum absolute atomic E-state index is 12.5. The van der Waals surface area contributed by atoms with Crippen LogP contribution in [0, 0.1) is 18.3 Å². The monoisotopic (exact) mass is 352 g/mol. The summed E-state index contributed by atoms with van der Waals surface area (Å²) in [7, 11) is 1.16. The third-order valence-electron chi connectivity index (χ3n) is 3.70. The molecule has 3 aromatic rings. The van der Waals surface area contributed by atoms with Crippen LogP contribution in [0.15, 0.2) is 44.0 Å². The highest BCUT2D eigenvalue weighted by atomic mass is 16.5. The number of rotatable bonds is 3. The quantitative estimate of drug-likeness (QED) is 0.567. The van der Waals surface area contributed by atoms with Gasteiger partial charge < -0.3 is 13.6 Å². The van der Waals surface area contributed by atoms with Gasteiger partial charge in [0.05, 0.1) is 7.11 Å². The average Bonchev–Trinajstić information content (AvgIpc) is 2.95. The van der Waals surface area contributed by atoms with E-state index in [2.05, 4.69) is 10.1 Å². The number of para-hydroxylation sites is 1. The zero-order chi connectivity index (χ0) is 18.8. The normalized spacial score (nSPS) is 10.3. The molecule has 0 unspecified atom stereocenters. The summed E-state index contributed by atoms with van der Waals surface area (Å²) in [5.41, 5.74) is -1.03. The minimum atomic E-state index is -0.837. The molecule has 26 heavy (non-hydrogen) atoms. The third kappa shape index (κ3) is 2.82. The fraction of sp³-hybridized carbons (Fsp3) is 0.111. The van der Waals surface area contributed by atoms with Crippen LogP contribution in [-0.4, -0.2) is 19.0 Å². The second kappa shape index (κ2) is 6.57. The van der Waals surface area contributed by atoms with E-state index in [-0.39, 0.29) is 28.3 Å². The number of carbonyl (C=O) groups is 2. The lowest BCUT2D eigenvalue weighted by Crippen LogP contribution is -2.21. The fourth-order valence-electron chi connectivity index (χ4n) is 2.48. The maximum atomic E-state index is 12.5. The standard InChI is InChI=1S/C18H12N2O6/c1-9-14(18(23)24-2)12(8-19)16(25-9)20-15(21)11-7-10-5-3-4-6-13(10)26-17(11)22/h3-7H,1-2H3,(H,20,21). The van der Waals surface area contributed by atoms with E-state index in [1.54, 1.807) is 30.3 Å². The maximum Gasteiger partial charge on any atom is 0.349 e. The molecule has 3 rings (SSSR count). The molecule has 0 bridgehead atoms. The first kappa shape index (κ1) is 17.0. The van der Waals surface area contributed by atoms with Gasteiger partial charge in [-0.25, -0.2) is 9.59 Å². The van der Waals surface area contributed by atoms with E-state index < -0.39 is 17.5 Å². The summed E-state index contributed by atoms with van der Waals surface area (Å²) >= 11 is 0. The number of methoxy groups -OCH3 is 1. The molecule has 1 N–H and O–H groups in total. The number of hydrogen-bond acceptors (Lipinski definition) is 7. The number of nitrogens with one attached hydrogen (secondary N) is 1. The number of anilines is 1. The van der Waals surface area contributed by atoms with Crippen LogP contribution in [0.2, 0.25) is 0 Å². The summed E-state index contributed by atoms with van der Waals surface area (Å²) in [4.78, 5) is 36.3. The number of carbonyl (C=O) groups excluding carboxylic acids is 2. The van der Waals surface area contributed by atoms with Crippen molar-refractivity contribution in [1.82, 2.24) is 0 Å². The van der Waals surface area contributed by atoms with Gasteiger partial charge in [0.25, 0.3) is 5.91 Å². The Balaban J connectivity index is 2.01. The van der Waals surface area contributed by atoms with Gasteiger partial charge in [-0.2, -0.15) is 5.26 Å². The number of nitrogens with zero attached hydrogens (tertiary/aromatic N) is 1. The second-order valence-corrected chi connectivity index (χ2v) is 5.28. The van der Waals surface area contributed by atoms with Gasteiger partial charge in [0, 0.05) is 5.39 Å². The van der Waals surface area contributed by atoms with Crippen molar-refractivity contribution < 1.29 is 23.2 Å². The second-order valence-electron chi connectivity index (χ2n) is 5.28. The van der Waals surface area contributed by atoms with Gasteiger partial charge in [-0.1, -0.05) is 18.2 Å². The molecule has 2 aromatic heterocycles. The Bertz CT molecular complexity index is 1130. The highest BCUT2D eigenvalue weighted by molar-refractivity contribution is 6.06. The molecular formula is C18H12N2O6. The minimum absolute atomic E-state index is 0.0872. The zero-order valence-corrected chi connectivity index (χ0v) is 13.8.